The summed E-state index contributed by atoms with van der Waals surface area (Å²) in [5, 5.41) is 2.52. The molecule has 174 valence electrons. The van der Waals surface area contributed by atoms with E-state index < -0.39 is 44.0 Å². The second kappa shape index (κ2) is 9.94. The van der Waals surface area contributed by atoms with Crippen LogP contribution in [0.1, 0.15) is 5.56 Å². The number of piperazine rings is 1. The lowest BCUT2D eigenvalue weighted by Crippen LogP contribution is -2.62. The van der Waals surface area contributed by atoms with E-state index >= 15 is 0 Å². The van der Waals surface area contributed by atoms with E-state index in [0.717, 1.165) is 21.1 Å². The summed E-state index contributed by atoms with van der Waals surface area (Å²) < 4.78 is 60.0. The highest BCUT2D eigenvalue weighted by Crippen LogP contribution is 2.17. The standard InChI is InChI=1S/C18H27N3O8S2/c1-28-14-7-5-13(6-8-14)11-15(18(23)29-2)19-17(22)16-12-20(30(3,24)25)9-10-21(16)31(4,26)27/h5-8,15-16H,9-12H2,1-4H3,(H,19,22). The normalized spacial score (nSPS) is 19.4. The number of benzene rings is 1. The smallest absolute Gasteiger partial charge is 0.328 e. The third kappa shape index (κ3) is 6.63. The first-order chi connectivity index (χ1) is 14.4. The number of methoxy groups -OCH3 is 2. The van der Waals surface area contributed by atoms with Crippen molar-refractivity contribution in [3.8, 4) is 5.75 Å². The van der Waals surface area contributed by atoms with E-state index in [1.54, 1.807) is 24.3 Å². The van der Waals surface area contributed by atoms with Crippen LogP contribution in [0.25, 0.3) is 0 Å². The van der Waals surface area contributed by atoms with Gasteiger partial charge < -0.3 is 14.8 Å². The first-order valence-corrected chi connectivity index (χ1v) is 13.0. The molecular formula is C18H27N3O8S2. The van der Waals surface area contributed by atoms with Gasteiger partial charge in [-0.25, -0.2) is 21.6 Å². The van der Waals surface area contributed by atoms with Crippen LogP contribution in [-0.4, -0.2) is 95.8 Å². The maximum absolute atomic E-state index is 13.0. The van der Waals surface area contributed by atoms with Gasteiger partial charge in [0.15, 0.2) is 0 Å². The molecule has 0 radical (unpaired) electrons. The highest BCUT2D eigenvalue weighted by atomic mass is 32.2. The van der Waals surface area contributed by atoms with Crippen molar-refractivity contribution in [3.63, 3.8) is 0 Å². The van der Waals surface area contributed by atoms with E-state index in [2.05, 4.69) is 5.32 Å². The Kier molecular flexibility index (Phi) is 8.03. The van der Waals surface area contributed by atoms with Crippen LogP contribution in [-0.2, 0) is 40.8 Å². The fourth-order valence-corrected chi connectivity index (χ4v) is 5.12. The Morgan fingerprint density at radius 1 is 1.06 bits per heavy atom. The van der Waals surface area contributed by atoms with Crippen molar-refractivity contribution >= 4 is 31.9 Å². The molecule has 2 rings (SSSR count). The summed E-state index contributed by atoms with van der Waals surface area (Å²) in [6.45, 7) is -0.596. The lowest BCUT2D eigenvalue weighted by Gasteiger charge is -2.38. The summed E-state index contributed by atoms with van der Waals surface area (Å²) in [4.78, 5) is 25.2. The Balaban J connectivity index is 2.26. The predicted octanol–water partition coefficient (Wildman–Crippen LogP) is -1.20. The lowest BCUT2D eigenvalue weighted by atomic mass is 10.0. The maximum atomic E-state index is 13.0. The number of hydrogen-bond donors (Lipinski definition) is 1. The predicted molar refractivity (Wildman–Crippen MR) is 112 cm³/mol. The number of hydrogen-bond acceptors (Lipinski definition) is 8. The number of sulfonamides is 2. The second-order valence-electron chi connectivity index (χ2n) is 7.15. The molecule has 1 amide bonds. The zero-order valence-corrected chi connectivity index (χ0v) is 19.4. The van der Waals surface area contributed by atoms with Crippen LogP contribution in [0, 0.1) is 0 Å². The summed E-state index contributed by atoms with van der Waals surface area (Å²) >= 11 is 0. The van der Waals surface area contributed by atoms with Crippen LogP contribution in [0.5, 0.6) is 5.75 Å². The van der Waals surface area contributed by atoms with E-state index in [-0.39, 0.29) is 26.1 Å². The van der Waals surface area contributed by atoms with Crippen molar-refractivity contribution in [2.75, 3.05) is 46.4 Å². The van der Waals surface area contributed by atoms with E-state index in [4.69, 9.17) is 9.47 Å². The summed E-state index contributed by atoms with van der Waals surface area (Å²) in [5.41, 5.74) is 0.706. The molecule has 0 saturated carbocycles. The number of ether oxygens (including phenoxy) is 2. The van der Waals surface area contributed by atoms with Crippen LogP contribution in [0.15, 0.2) is 24.3 Å². The summed E-state index contributed by atoms with van der Waals surface area (Å²) in [6, 6.07) is 4.41. The Hall–Kier alpha value is -2.22. The number of amides is 1. The van der Waals surface area contributed by atoms with Crippen molar-refractivity contribution in [1.29, 1.82) is 0 Å². The minimum Gasteiger partial charge on any atom is -0.497 e. The van der Waals surface area contributed by atoms with E-state index in [9.17, 15) is 26.4 Å². The minimum absolute atomic E-state index is 0.0675. The first kappa shape index (κ1) is 25.0. The molecule has 2 unspecified atom stereocenters. The number of carbonyl (C=O) groups excluding carboxylic acids is 2. The van der Waals surface area contributed by atoms with Gasteiger partial charge in [0.2, 0.25) is 26.0 Å². The van der Waals surface area contributed by atoms with Gasteiger partial charge >= 0.3 is 5.97 Å². The average Bonchev–Trinajstić information content (AvgIpc) is 2.71. The Labute approximate surface area is 182 Å². The largest absolute Gasteiger partial charge is 0.497 e. The van der Waals surface area contributed by atoms with Gasteiger partial charge in [0, 0.05) is 26.1 Å². The van der Waals surface area contributed by atoms with Gasteiger partial charge in [0.1, 0.15) is 17.8 Å². The van der Waals surface area contributed by atoms with E-state index in [1.165, 1.54) is 14.2 Å². The molecule has 1 saturated heterocycles. The molecule has 1 heterocycles. The van der Waals surface area contributed by atoms with Crippen molar-refractivity contribution in [3.05, 3.63) is 29.8 Å². The molecule has 1 aromatic carbocycles. The van der Waals surface area contributed by atoms with E-state index in [1.807, 2.05) is 0 Å². The molecule has 31 heavy (non-hydrogen) atoms. The van der Waals surface area contributed by atoms with Crippen LogP contribution in [0.4, 0.5) is 0 Å². The summed E-state index contributed by atoms with van der Waals surface area (Å²) in [7, 11) is -4.74. The first-order valence-electron chi connectivity index (χ1n) is 9.30. The zero-order chi connectivity index (χ0) is 23.4. The number of rotatable bonds is 8. The van der Waals surface area contributed by atoms with Gasteiger partial charge in [0.05, 0.1) is 26.7 Å². The SMILES string of the molecule is COC(=O)C(Cc1ccc(OC)cc1)NC(=O)C1CN(S(C)(=O)=O)CCN1S(C)(=O)=O. The third-order valence-electron chi connectivity index (χ3n) is 4.89. The van der Waals surface area contributed by atoms with E-state index in [0.29, 0.717) is 11.3 Å². The molecule has 1 fully saturated rings. The molecule has 1 aliphatic rings. The Morgan fingerprint density at radius 2 is 1.68 bits per heavy atom. The van der Waals surface area contributed by atoms with Gasteiger partial charge in [-0.3, -0.25) is 4.79 Å². The molecule has 0 aliphatic carbocycles. The quantitative estimate of drug-likeness (QED) is 0.461. The monoisotopic (exact) mass is 477 g/mol. The highest BCUT2D eigenvalue weighted by molar-refractivity contribution is 7.88. The molecule has 13 heteroatoms. The third-order valence-corrected chi connectivity index (χ3v) is 7.45. The van der Waals surface area contributed by atoms with Gasteiger partial charge in [-0.2, -0.15) is 8.61 Å². The van der Waals surface area contributed by atoms with Gasteiger partial charge in [-0.15, -0.1) is 0 Å². The summed E-state index contributed by atoms with van der Waals surface area (Å²) in [5.74, 6) is -0.886. The number of nitrogens with one attached hydrogen (secondary N) is 1. The van der Waals surface area contributed by atoms with Crippen LogP contribution >= 0.6 is 0 Å². The molecule has 11 nitrogen and oxygen atoms in total. The number of nitrogens with zero attached hydrogens (tertiary/aromatic N) is 2. The van der Waals surface area contributed by atoms with Crippen LogP contribution in [0.2, 0.25) is 0 Å². The average molecular weight is 478 g/mol. The lowest BCUT2D eigenvalue weighted by molar-refractivity contribution is -0.145. The van der Waals surface area contributed by atoms with Crippen molar-refractivity contribution < 1.29 is 35.9 Å². The molecule has 2 atom stereocenters. The molecule has 1 N–H and O–H groups in total. The Morgan fingerprint density at radius 3 is 2.16 bits per heavy atom. The van der Waals surface area contributed by atoms with Gasteiger partial charge in [-0.05, 0) is 17.7 Å². The Bertz CT molecular complexity index is 1010. The molecule has 1 aliphatic heterocycles. The van der Waals surface area contributed by atoms with Gasteiger partial charge in [0.25, 0.3) is 0 Å². The molecular weight excluding hydrogens is 450 g/mol. The minimum atomic E-state index is -3.80. The molecule has 1 aromatic rings. The fraction of sp³-hybridized carbons (Fsp3) is 0.556. The zero-order valence-electron chi connectivity index (χ0n) is 17.8. The van der Waals surface area contributed by atoms with Crippen molar-refractivity contribution in [1.82, 2.24) is 13.9 Å². The number of esters is 1. The molecule has 0 spiro atoms. The van der Waals surface area contributed by atoms with Crippen molar-refractivity contribution in [2.24, 2.45) is 0 Å². The van der Waals surface area contributed by atoms with Crippen LogP contribution in [0.3, 0.4) is 0 Å². The second-order valence-corrected chi connectivity index (χ2v) is 11.1. The highest BCUT2D eigenvalue weighted by Gasteiger charge is 2.41. The van der Waals surface area contributed by atoms with Gasteiger partial charge in [-0.1, -0.05) is 12.1 Å². The maximum Gasteiger partial charge on any atom is 0.328 e. The fourth-order valence-electron chi connectivity index (χ4n) is 3.25. The van der Waals surface area contributed by atoms with Crippen molar-refractivity contribution in [2.45, 2.75) is 18.5 Å². The molecule has 0 aromatic heterocycles. The molecule has 0 bridgehead atoms. The van der Waals surface area contributed by atoms with Crippen LogP contribution < -0.4 is 10.1 Å². The summed E-state index contributed by atoms with van der Waals surface area (Å²) in [6.07, 6.45) is 2.02. The topological polar surface area (TPSA) is 139 Å². The number of carbonyl (C=O) groups is 2.